The molecule has 0 radical (unpaired) electrons. The molecule has 0 atom stereocenters. The van der Waals surface area contributed by atoms with Gasteiger partial charge in [0.25, 0.3) is 4.84 Å². The Morgan fingerprint density at radius 1 is 0.909 bits per heavy atom. The van der Waals surface area contributed by atoms with Crippen molar-refractivity contribution in [2.24, 2.45) is 0 Å². The average Bonchev–Trinajstić information content (AvgIpc) is 3.03. The number of thiazole rings is 1. The van der Waals surface area contributed by atoms with E-state index in [9.17, 15) is 0 Å². The lowest BCUT2D eigenvalue weighted by Crippen LogP contribution is -1.66. The SMILES string of the molecule is S=c1[nH]c2cccc(Cl)c2o1.S=c1[nH]c2cccc(Cl)c2s1. The Morgan fingerprint density at radius 3 is 2.27 bits per heavy atom. The second-order valence-corrected chi connectivity index (χ2v) is 7.13. The predicted octanol–water partition coefficient (Wildman–Crippen LogP) is 6.76. The number of rotatable bonds is 0. The van der Waals surface area contributed by atoms with Gasteiger partial charge in [0, 0.05) is 0 Å². The highest BCUT2D eigenvalue weighted by molar-refractivity contribution is 7.73. The third kappa shape index (κ3) is 3.26. The van der Waals surface area contributed by atoms with Crippen LogP contribution >= 0.6 is 59.0 Å². The lowest BCUT2D eigenvalue weighted by atomic mass is 10.3. The first-order valence-corrected chi connectivity index (χ1v) is 8.48. The lowest BCUT2D eigenvalue weighted by Gasteiger charge is -1.88. The van der Waals surface area contributed by atoms with Gasteiger partial charge in [-0.2, -0.15) is 0 Å². The molecule has 4 aromatic rings. The van der Waals surface area contributed by atoms with Crippen LogP contribution in [0.1, 0.15) is 0 Å². The third-order valence-electron chi connectivity index (χ3n) is 2.80. The minimum absolute atomic E-state index is 0.355. The first-order chi connectivity index (χ1) is 10.5. The van der Waals surface area contributed by atoms with Gasteiger partial charge in [0.05, 0.1) is 25.8 Å². The van der Waals surface area contributed by atoms with E-state index < -0.39 is 0 Å². The van der Waals surface area contributed by atoms with Crippen LogP contribution < -0.4 is 0 Å². The number of hydrogen-bond acceptors (Lipinski definition) is 4. The molecule has 8 heteroatoms. The third-order valence-corrected chi connectivity index (χ3v) is 4.99. The minimum atomic E-state index is 0.355. The quantitative estimate of drug-likeness (QED) is 0.328. The number of H-pyrrole nitrogens is 2. The summed E-state index contributed by atoms with van der Waals surface area (Å²) in [6.07, 6.45) is 0. The van der Waals surface area contributed by atoms with E-state index in [2.05, 4.69) is 9.97 Å². The second-order valence-electron chi connectivity index (χ2n) is 4.26. The van der Waals surface area contributed by atoms with E-state index in [1.54, 1.807) is 6.07 Å². The van der Waals surface area contributed by atoms with Crippen molar-refractivity contribution in [3.8, 4) is 0 Å². The zero-order valence-electron chi connectivity index (χ0n) is 10.9. The largest absolute Gasteiger partial charge is 0.428 e. The van der Waals surface area contributed by atoms with Gasteiger partial charge in [0.1, 0.15) is 0 Å². The maximum Gasteiger partial charge on any atom is 0.266 e. The number of halogens is 2. The van der Waals surface area contributed by atoms with Crippen molar-refractivity contribution >= 4 is 80.3 Å². The lowest BCUT2D eigenvalue weighted by molar-refractivity contribution is 0.583. The van der Waals surface area contributed by atoms with Gasteiger partial charge in [-0.25, -0.2) is 0 Å². The fraction of sp³-hybridized carbons (Fsp3) is 0. The zero-order chi connectivity index (χ0) is 15.7. The Morgan fingerprint density at radius 2 is 1.59 bits per heavy atom. The van der Waals surface area contributed by atoms with Gasteiger partial charge < -0.3 is 14.4 Å². The smallest absolute Gasteiger partial charge is 0.266 e. The Balaban J connectivity index is 0.000000131. The first kappa shape index (κ1) is 15.7. The predicted molar refractivity (Wildman–Crippen MR) is 98.4 cm³/mol. The summed E-state index contributed by atoms with van der Waals surface area (Å²) >= 11 is 23.0. The first-order valence-electron chi connectivity index (χ1n) is 6.09. The van der Waals surface area contributed by atoms with Gasteiger partial charge in [-0.1, -0.05) is 35.3 Å². The summed E-state index contributed by atoms with van der Waals surface area (Å²) in [7, 11) is 0. The van der Waals surface area contributed by atoms with Crippen LogP contribution in [-0.4, -0.2) is 9.97 Å². The number of benzene rings is 2. The summed E-state index contributed by atoms with van der Waals surface area (Å²) in [5, 5.41) is 1.34. The fourth-order valence-electron chi connectivity index (χ4n) is 1.88. The molecule has 2 aromatic carbocycles. The van der Waals surface area contributed by atoms with Crippen LogP contribution in [0.3, 0.4) is 0 Å². The highest BCUT2D eigenvalue weighted by Gasteiger charge is 2.01. The van der Waals surface area contributed by atoms with Gasteiger partial charge in [-0.3, -0.25) is 0 Å². The standard InChI is InChI=1S/C7H4ClNOS.C7H4ClNS2/c8-4-2-1-3-5-6(4)10-7(11)9-5;8-4-2-1-3-5-6(4)11-7(10)9-5/h1-3H,(H,9,11);1-3H,(H,9,10). The van der Waals surface area contributed by atoms with Crippen LogP contribution in [0.4, 0.5) is 0 Å². The molecule has 2 aromatic heterocycles. The number of aromatic amines is 2. The van der Waals surface area contributed by atoms with Crippen LogP contribution in [0.15, 0.2) is 40.8 Å². The molecule has 0 amide bonds. The molecule has 22 heavy (non-hydrogen) atoms. The summed E-state index contributed by atoms with van der Waals surface area (Å²) in [6, 6.07) is 11.2. The van der Waals surface area contributed by atoms with Crippen LogP contribution in [0.2, 0.25) is 10.0 Å². The molecule has 0 bridgehead atoms. The molecular formula is C14H8Cl2N2OS3. The van der Waals surface area contributed by atoms with Crippen molar-refractivity contribution in [2.75, 3.05) is 0 Å². The topological polar surface area (TPSA) is 44.7 Å². The number of fused-ring (bicyclic) bond motifs is 2. The van der Waals surface area contributed by atoms with Crippen molar-refractivity contribution in [1.82, 2.24) is 9.97 Å². The highest BCUT2D eigenvalue weighted by atomic mass is 35.5. The van der Waals surface area contributed by atoms with E-state index in [4.69, 9.17) is 52.1 Å². The van der Waals surface area contributed by atoms with E-state index in [0.29, 0.717) is 15.4 Å². The van der Waals surface area contributed by atoms with E-state index >= 15 is 0 Å². The molecule has 2 N–H and O–H groups in total. The highest BCUT2D eigenvalue weighted by Crippen LogP contribution is 2.26. The number of para-hydroxylation sites is 1. The van der Waals surface area contributed by atoms with Crippen LogP contribution in [0.25, 0.3) is 21.3 Å². The van der Waals surface area contributed by atoms with Crippen molar-refractivity contribution in [3.63, 3.8) is 0 Å². The van der Waals surface area contributed by atoms with Gasteiger partial charge in [-0.05, 0) is 48.7 Å². The van der Waals surface area contributed by atoms with Crippen molar-refractivity contribution < 1.29 is 4.42 Å². The summed E-state index contributed by atoms with van der Waals surface area (Å²) in [4.78, 5) is 6.27. The number of oxazole rings is 1. The Bertz CT molecular complexity index is 975. The van der Waals surface area contributed by atoms with Gasteiger partial charge in [-0.15, -0.1) is 11.3 Å². The van der Waals surface area contributed by atoms with Crippen molar-refractivity contribution in [2.45, 2.75) is 0 Å². The molecular weight excluding hydrogens is 379 g/mol. The Labute approximate surface area is 149 Å². The maximum absolute atomic E-state index is 5.91. The summed E-state index contributed by atoms with van der Waals surface area (Å²) in [6.45, 7) is 0. The molecule has 0 saturated heterocycles. The van der Waals surface area contributed by atoms with E-state index in [-0.39, 0.29) is 0 Å². The van der Waals surface area contributed by atoms with Crippen LogP contribution in [0.5, 0.6) is 0 Å². The van der Waals surface area contributed by atoms with Gasteiger partial charge in [0.2, 0.25) is 0 Å². The number of aromatic nitrogens is 2. The molecule has 2 heterocycles. The van der Waals surface area contributed by atoms with Gasteiger partial charge in [0.15, 0.2) is 9.54 Å². The molecule has 3 nitrogen and oxygen atoms in total. The molecule has 0 aliphatic rings. The maximum atomic E-state index is 5.91. The fourth-order valence-corrected chi connectivity index (χ4v) is 3.68. The summed E-state index contributed by atoms with van der Waals surface area (Å²) in [5.74, 6) is 0. The molecule has 4 rings (SSSR count). The van der Waals surface area contributed by atoms with Gasteiger partial charge >= 0.3 is 0 Å². The zero-order valence-corrected chi connectivity index (χ0v) is 14.8. The monoisotopic (exact) mass is 386 g/mol. The second kappa shape index (κ2) is 6.52. The molecule has 0 unspecified atom stereocenters. The average molecular weight is 387 g/mol. The number of nitrogens with one attached hydrogen (secondary N) is 2. The van der Waals surface area contributed by atoms with Crippen molar-refractivity contribution in [1.29, 1.82) is 0 Å². The molecule has 0 fully saturated rings. The number of hydrogen-bond donors (Lipinski definition) is 2. The van der Waals surface area contributed by atoms with E-state index in [0.717, 1.165) is 24.7 Å². The molecule has 112 valence electrons. The summed E-state index contributed by atoms with van der Waals surface area (Å²) < 4.78 is 6.94. The minimum Gasteiger partial charge on any atom is -0.428 e. The van der Waals surface area contributed by atoms with E-state index in [1.807, 2.05) is 30.3 Å². The molecule has 0 aliphatic heterocycles. The van der Waals surface area contributed by atoms with E-state index in [1.165, 1.54) is 11.3 Å². The Kier molecular flexibility index (Phi) is 4.65. The molecule has 0 spiro atoms. The van der Waals surface area contributed by atoms with Crippen molar-refractivity contribution in [3.05, 3.63) is 55.2 Å². The summed E-state index contributed by atoms with van der Waals surface area (Å²) in [5.41, 5.74) is 2.48. The van der Waals surface area contributed by atoms with Crippen LogP contribution in [-0.2, 0) is 0 Å². The Hall–Kier alpha value is -1.18. The van der Waals surface area contributed by atoms with Crippen LogP contribution in [0, 0.1) is 8.79 Å². The molecule has 0 aliphatic carbocycles. The molecule has 0 saturated carbocycles. The normalized spacial score (nSPS) is 10.6.